The maximum atomic E-state index is 11.7. The van der Waals surface area contributed by atoms with E-state index in [0.29, 0.717) is 10.9 Å². The van der Waals surface area contributed by atoms with Gasteiger partial charge in [-0.05, 0) is 12.1 Å². The maximum Gasteiger partial charge on any atom is 0.329 e. The average molecular weight is 286 g/mol. The third kappa shape index (κ3) is 3.34. The molecule has 5 heteroatoms. The predicted octanol–water partition coefficient (Wildman–Crippen LogP) is 1.35. The SMILES string of the molecule is COC(=O)[C@@H](CBr)NC(=O)c1ccccc1. The van der Waals surface area contributed by atoms with Crippen LogP contribution >= 0.6 is 15.9 Å². The summed E-state index contributed by atoms with van der Waals surface area (Å²) in [6.45, 7) is 0. The number of rotatable bonds is 4. The second-order valence-corrected chi connectivity index (χ2v) is 3.72. The molecular formula is C11H12BrNO3. The van der Waals surface area contributed by atoms with Gasteiger partial charge >= 0.3 is 5.97 Å². The summed E-state index contributed by atoms with van der Waals surface area (Å²) < 4.78 is 4.56. The van der Waals surface area contributed by atoms with Gasteiger partial charge in [0.1, 0.15) is 6.04 Å². The van der Waals surface area contributed by atoms with Crippen LogP contribution in [0.15, 0.2) is 30.3 Å². The molecule has 16 heavy (non-hydrogen) atoms. The van der Waals surface area contributed by atoms with E-state index in [1.807, 2.05) is 6.07 Å². The molecule has 0 radical (unpaired) electrons. The van der Waals surface area contributed by atoms with Crippen molar-refractivity contribution >= 4 is 27.8 Å². The van der Waals surface area contributed by atoms with Crippen LogP contribution in [0.1, 0.15) is 10.4 Å². The summed E-state index contributed by atoms with van der Waals surface area (Å²) >= 11 is 3.14. The Morgan fingerprint density at radius 1 is 1.38 bits per heavy atom. The second kappa shape index (κ2) is 6.27. The quantitative estimate of drug-likeness (QED) is 0.671. The van der Waals surface area contributed by atoms with Gasteiger partial charge in [0.2, 0.25) is 0 Å². The molecule has 0 aliphatic rings. The van der Waals surface area contributed by atoms with E-state index < -0.39 is 12.0 Å². The summed E-state index contributed by atoms with van der Waals surface area (Å²) in [5, 5.41) is 2.89. The number of alkyl halides is 1. The Hall–Kier alpha value is -1.36. The van der Waals surface area contributed by atoms with Crippen molar-refractivity contribution < 1.29 is 14.3 Å². The van der Waals surface area contributed by atoms with Crippen LogP contribution in [0, 0.1) is 0 Å². The number of hydrogen-bond acceptors (Lipinski definition) is 3. The summed E-state index contributed by atoms with van der Waals surface area (Å²) in [4.78, 5) is 22.9. The topological polar surface area (TPSA) is 55.4 Å². The van der Waals surface area contributed by atoms with Crippen molar-refractivity contribution in [2.45, 2.75) is 6.04 Å². The molecule has 1 aromatic rings. The van der Waals surface area contributed by atoms with Gasteiger partial charge in [0.05, 0.1) is 7.11 Å². The minimum Gasteiger partial charge on any atom is -0.467 e. The second-order valence-electron chi connectivity index (χ2n) is 3.07. The molecular weight excluding hydrogens is 274 g/mol. The van der Waals surface area contributed by atoms with Crippen LogP contribution in [0.2, 0.25) is 0 Å². The highest BCUT2D eigenvalue weighted by Gasteiger charge is 2.20. The van der Waals surface area contributed by atoms with Gasteiger partial charge in [-0.25, -0.2) is 4.79 Å². The smallest absolute Gasteiger partial charge is 0.329 e. The van der Waals surface area contributed by atoms with Crippen molar-refractivity contribution in [2.24, 2.45) is 0 Å². The molecule has 1 rings (SSSR count). The normalized spacial score (nSPS) is 11.6. The van der Waals surface area contributed by atoms with Gasteiger partial charge in [0.15, 0.2) is 0 Å². The zero-order valence-corrected chi connectivity index (χ0v) is 10.4. The molecule has 86 valence electrons. The number of benzene rings is 1. The molecule has 1 amide bonds. The Bertz CT molecular complexity index is 367. The molecule has 0 bridgehead atoms. The minimum absolute atomic E-state index is 0.296. The molecule has 0 saturated heterocycles. The Morgan fingerprint density at radius 2 is 2.00 bits per heavy atom. The molecule has 0 spiro atoms. The van der Waals surface area contributed by atoms with E-state index in [9.17, 15) is 9.59 Å². The highest BCUT2D eigenvalue weighted by atomic mass is 79.9. The minimum atomic E-state index is -0.669. The van der Waals surface area contributed by atoms with E-state index in [4.69, 9.17) is 0 Å². The summed E-state index contributed by atoms with van der Waals surface area (Å²) in [6.07, 6.45) is 0. The first kappa shape index (κ1) is 12.7. The number of hydrogen-bond donors (Lipinski definition) is 1. The van der Waals surface area contributed by atoms with E-state index in [-0.39, 0.29) is 5.91 Å². The van der Waals surface area contributed by atoms with Crippen LogP contribution in [-0.2, 0) is 9.53 Å². The van der Waals surface area contributed by atoms with E-state index in [1.54, 1.807) is 24.3 Å². The molecule has 0 heterocycles. The van der Waals surface area contributed by atoms with Crippen molar-refractivity contribution in [1.82, 2.24) is 5.32 Å². The first-order valence-electron chi connectivity index (χ1n) is 4.68. The Labute approximate surface area is 102 Å². The molecule has 0 fully saturated rings. The van der Waals surface area contributed by atoms with E-state index in [0.717, 1.165) is 0 Å². The average Bonchev–Trinajstić information content (AvgIpc) is 2.35. The molecule has 0 saturated carbocycles. The van der Waals surface area contributed by atoms with Crippen LogP contribution in [0.5, 0.6) is 0 Å². The van der Waals surface area contributed by atoms with Gasteiger partial charge in [0.25, 0.3) is 5.91 Å². The number of carbonyl (C=O) groups excluding carboxylic acids is 2. The number of ether oxygens (including phenoxy) is 1. The molecule has 0 aliphatic heterocycles. The number of carbonyl (C=O) groups is 2. The Morgan fingerprint density at radius 3 is 2.50 bits per heavy atom. The lowest BCUT2D eigenvalue weighted by atomic mass is 10.2. The molecule has 1 atom stereocenters. The summed E-state index contributed by atoms with van der Waals surface area (Å²) in [6, 6.07) is 8.03. The van der Waals surface area contributed by atoms with Crippen LogP contribution in [-0.4, -0.2) is 30.4 Å². The molecule has 4 nitrogen and oxygen atoms in total. The van der Waals surface area contributed by atoms with Crippen molar-refractivity contribution in [3.8, 4) is 0 Å². The van der Waals surface area contributed by atoms with Crippen molar-refractivity contribution in [2.75, 3.05) is 12.4 Å². The third-order valence-electron chi connectivity index (χ3n) is 1.98. The summed E-state index contributed by atoms with van der Waals surface area (Å²) in [5.74, 6) is -0.767. The lowest BCUT2D eigenvalue weighted by Crippen LogP contribution is -2.42. The van der Waals surface area contributed by atoms with Crippen molar-refractivity contribution in [3.63, 3.8) is 0 Å². The van der Waals surface area contributed by atoms with Gasteiger partial charge in [0, 0.05) is 10.9 Å². The fraction of sp³-hybridized carbons (Fsp3) is 0.273. The lowest BCUT2D eigenvalue weighted by Gasteiger charge is -2.13. The molecule has 1 aromatic carbocycles. The highest BCUT2D eigenvalue weighted by molar-refractivity contribution is 9.09. The molecule has 0 aliphatic carbocycles. The largest absolute Gasteiger partial charge is 0.467 e. The molecule has 1 N–H and O–H groups in total. The number of methoxy groups -OCH3 is 1. The molecule has 0 aromatic heterocycles. The Balaban J connectivity index is 2.66. The van der Waals surface area contributed by atoms with Crippen LogP contribution in [0.4, 0.5) is 0 Å². The standard InChI is InChI=1S/C11H12BrNO3/c1-16-11(15)9(7-12)13-10(14)8-5-3-2-4-6-8/h2-6,9H,7H2,1H3,(H,13,14)/t9-/m1/s1. The van der Waals surface area contributed by atoms with E-state index in [1.165, 1.54) is 7.11 Å². The van der Waals surface area contributed by atoms with Gasteiger partial charge in [-0.15, -0.1) is 0 Å². The van der Waals surface area contributed by atoms with Crippen LogP contribution in [0.3, 0.4) is 0 Å². The lowest BCUT2D eigenvalue weighted by molar-refractivity contribution is -0.142. The van der Waals surface area contributed by atoms with Crippen LogP contribution in [0.25, 0.3) is 0 Å². The first-order chi connectivity index (χ1) is 7.69. The van der Waals surface area contributed by atoms with Gasteiger partial charge < -0.3 is 10.1 Å². The predicted molar refractivity (Wildman–Crippen MR) is 63.5 cm³/mol. The zero-order chi connectivity index (χ0) is 12.0. The van der Waals surface area contributed by atoms with Gasteiger partial charge in [-0.1, -0.05) is 34.1 Å². The summed E-state index contributed by atoms with van der Waals surface area (Å²) in [5.41, 5.74) is 0.511. The third-order valence-corrected chi connectivity index (χ3v) is 2.63. The van der Waals surface area contributed by atoms with E-state index in [2.05, 4.69) is 26.0 Å². The highest BCUT2D eigenvalue weighted by Crippen LogP contribution is 2.01. The first-order valence-corrected chi connectivity index (χ1v) is 5.81. The fourth-order valence-corrected chi connectivity index (χ4v) is 1.56. The monoisotopic (exact) mass is 285 g/mol. The fourth-order valence-electron chi connectivity index (χ4n) is 1.13. The number of esters is 1. The zero-order valence-electron chi connectivity index (χ0n) is 8.77. The summed E-state index contributed by atoms with van der Waals surface area (Å²) in [7, 11) is 1.28. The van der Waals surface area contributed by atoms with E-state index >= 15 is 0 Å². The van der Waals surface area contributed by atoms with Crippen molar-refractivity contribution in [3.05, 3.63) is 35.9 Å². The van der Waals surface area contributed by atoms with Gasteiger partial charge in [-0.3, -0.25) is 4.79 Å². The van der Waals surface area contributed by atoms with Crippen LogP contribution < -0.4 is 5.32 Å². The van der Waals surface area contributed by atoms with Crippen molar-refractivity contribution in [1.29, 1.82) is 0 Å². The Kier molecular flexibility index (Phi) is 4.98. The number of halogens is 1. The maximum absolute atomic E-state index is 11.7. The number of amides is 1. The van der Waals surface area contributed by atoms with Gasteiger partial charge in [-0.2, -0.15) is 0 Å². The number of nitrogens with one attached hydrogen (secondary N) is 1. The molecule has 0 unspecified atom stereocenters.